The van der Waals surface area contributed by atoms with E-state index in [2.05, 4.69) is 23.2 Å². The lowest BCUT2D eigenvalue weighted by atomic mass is 10.1. The predicted molar refractivity (Wildman–Crippen MR) is 80.8 cm³/mol. The Kier molecular flexibility index (Phi) is 5.96. The van der Waals surface area contributed by atoms with Gasteiger partial charge in [-0.3, -0.25) is 0 Å². The largest absolute Gasteiger partial charge is 0.313 e. The van der Waals surface area contributed by atoms with Gasteiger partial charge in [0.15, 0.2) is 0 Å². The van der Waals surface area contributed by atoms with E-state index in [4.69, 9.17) is 11.6 Å². The van der Waals surface area contributed by atoms with Gasteiger partial charge in [0.1, 0.15) is 0 Å². The Hall–Kier alpha value is -0.0900. The van der Waals surface area contributed by atoms with Crippen LogP contribution in [0.1, 0.15) is 31.1 Å². The van der Waals surface area contributed by atoms with Crippen LogP contribution < -0.4 is 5.32 Å². The van der Waals surface area contributed by atoms with E-state index in [9.17, 15) is 0 Å². The molecule has 1 saturated heterocycles. The molecule has 18 heavy (non-hydrogen) atoms. The van der Waals surface area contributed by atoms with Crippen LogP contribution in [-0.4, -0.2) is 37.1 Å². The summed E-state index contributed by atoms with van der Waals surface area (Å²) in [6, 6.07) is 4.85. The number of rotatable bonds is 5. The number of thiophene rings is 1. The van der Waals surface area contributed by atoms with Crippen LogP contribution in [-0.2, 0) is 6.42 Å². The molecule has 0 bridgehead atoms. The van der Waals surface area contributed by atoms with E-state index in [0.29, 0.717) is 6.04 Å². The van der Waals surface area contributed by atoms with Gasteiger partial charge in [0, 0.05) is 24.0 Å². The zero-order chi connectivity index (χ0) is 12.8. The van der Waals surface area contributed by atoms with Crippen LogP contribution in [0.3, 0.4) is 0 Å². The summed E-state index contributed by atoms with van der Waals surface area (Å²) < 4.78 is 0.909. The Morgan fingerprint density at radius 3 is 3.11 bits per heavy atom. The van der Waals surface area contributed by atoms with Gasteiger partial charge < -0.3 is 10.2 Å². The smallest absolute Gasteiger partial charge is 0.0931 e. The lowest BCUT2D eigenvalue weighted by molar-refractivity contribution is 0.266. The van der Waals surface area contributed by atoms with Crippen LogP contribution in [0.2, 0.25) is 4.34 Å². The average Bonchev–Trinajstić information content (AvgIpc) is 2.63. The molecule has 0 saturated carbocycles. The van der Waals surface area contributed by atoms with Gasteiger partial charge in [0.2, 0.25) is 0 Å². The predicted octanol–water partition coefficient (Wildman–Crippen LogP) is 3.41. The van der Waals surface area contributed by atoms with E-state index in [0.717, 1.165) is 10.8 Å². The second kappa shape index (κ2) is 7.49. The summed E-state index contributed by atoms with van der Waals surface area (Å²) in [6.07, 6.45) is 4.97. The SMILES string of the molecule is CCCC1CN(CCc2ccc(Cl)s2)CCCN1. The van der Waals surface area contributed by atoms with Crippen molar-refractivity contribution in [2.45, 2.75) is 38.6 Å². The average molecular weight is 287 g/mol. The maximum atomic E-state index is 5.97. The first-order chi connectivity index (χ1) is 8.78. The van der Waals surface area contributed by atoms with Gasteiger partial charge in [-0.15, -0.1) is 11.3 Å². The fourth-order valence-electron chi connectivity index (χ4n) is 2.58. The molecule has 2 rings (SSSR count). The van der Waals surface area contributed by atoms with Crippen molar-refractivity contribution < 1.29 is 0 Å². The topological polar surface area (TPSA) is 15.3 Å². The third-order valence-corrected chi connectivity index (χ3v) is 4.79. The fraction of sp³-hybridized carbons (Fsp3) is 0.714. The molecule has 1 N–H and O–H groups in total. The Labute approximate surface area is 119 Å². The molecule has 0 radical (unpaired) electrons. The van der Waals surface area contributed by atoms with Gasteiger partial charge in [0.25, 0.3) is 0 Å². The van der Waals surface area contributed by atoms with Crippen LogP contribution in [0.25, 0.3) is 0 Å². The summed E-state index contributed by atoms with van der Waals surface area (Å²) in [5.74, 6) is 0. The molecule has 0 amide bonds. The molecule has 1 aliphatic heterocycles. The zero-order valence-corrected chi connectivity index (χ0v) is 12.7. The highest BCUT2D eigenvalue weighted by Crippen LogP contribution is 2.22. The summed E-state index contributed by atoms with van der Waals surface area (Å²) in [4.78, 5) is 4.01. The van der Waals surface area contributed by atoms with E-state index in [1.807, 2.05) is 6.07 Å². The highest BCUT2D eigenvalue weighted by molar-refractivity contribution is 7.16. The minimum atomic E-state index is 0.685. The minimum Gasteiger partial charge on any atom is -0.313 e. The monoisotopic (exact) mass is 286 g/mol. The summed E-state index contributed by atoms with van der Waals surface area (Å²) in [5, 5.41) is 3.65. The molecule has 0 aliphatic carbocycles. The van der Waals surface area contributed by atoms with E-state index >= 15 is 0 Å². The van der Waals surface area contributed by atoms with Crippen molar-refractivity contribution in [3.63, 3.8) is 0 Å². The zero-order valence-electron chi connectivity index (χ0n) is 11.1. The van der Waals surface area contributed by atoms with Gasteiger partial charge in [-0.25, -0.2) is 0 Å². The van der Waals surface area contributed by atoms with Crippen LogP contribution in [0.5, 0.6) is 0 Å². The highest BCUT2D eigenvalue weighted by atomic mass is 35.5. The van der Waals surface area contributed by atoms with Gasteiger partial charge in [-0.2, -0.15) is 0 Å². The number of halogens is 1. The second-order valence-electron chi connectivity index (χ2n) is 5.05. The third kappa shape index (κ3) is 4.54. The molecule has 102 valence electrons. The lowest BCUT2D eigenvalue weighted by Gasteiger charge is -2.23. The summed E-state index contributed by atoms with van der Waals surface area (Å²) in [6.45, 7) is 7.04. The van der Waals surface area contributed by atoms with Crippen LogP contribution >= 0.6 is 22.9 Å². The maximum absolute atomic E-state index is 5.97. The van der Waals surface area contributed by atoms with Crippen molar-refractivity contribution in [2.24, 2.45) is 0 Å². The van der Waals surface area contributed by atoms with Gasteiger partial charge in [-0.05, 0) is 44.5 Å². The van der Waals surface area contributed by atoms with Crippen molar-refractivity contribution in [3.8, 4) is 0 Å². The molecule has 1 atom stereocenters. The van der Waals surface area contributed by atoms with Gasteiger partial charge in [0.05, 0.1) is 4.34 Å². The normalized spacial score (nSPS) is 22.0. The lowest BCUT2D eigenvalue weighted by Crippen LogP contribution is -2.38. The molecular formula is C14H23ClN2S. The first-order valence-corrected chi connectivity index (χ1v) is 8.17. The Bertz CT molecular complexity index is 353. The van der Waals surface area contributed by atoms with Crippen molar-refractivity contribution in [3.05, 3.63) is 21.3 Å². The molecule has 2 nitrogen and oxygen atoms in total. The van der Waals surface area contributed by atoms with E-state index in [1.165, 1.54) is 50.3 Å². The standard InChI is InChI=1S/C14H23ClN2S/c1-2-4-12-11-17(9-3-8-16-12)10-7-13-5-6-14(15)18-13/h5-6,12,16H,2-4,7-11H2,1H3. The molecule has 1 aliphatic rings. The molecule has 2 heterocycles. The summed E-state index contributed by atoms with van der Waals surface area (Å²) in [5.41, 5.74) is 0. The number of hydrogen-bond acceptors (Lipinski definition) is 3. The Morgan fingerprint density at radius 1 is 1.50 bits per heavy atom. The van der Waals surface area contributed by atoms with E-state index in [-0.39, 0.29) is 0 Å². The molecule has 4 heteroatoms. The van der Waals surface area contributed by atoms with Crippen molar-refractivity contribution in [2.75, 3.05) is 26.2 Å². The van der Waals surface area contributed by atoms with Crippen LogP contribution in [0.4, 0.5) is 0 Å². The van der Waals surface area contributed by atoms with Crippen molar-refractivity contribution >= 4 is 22.9 Å². The highest BCUT2D eigenvalue weighted by Gasteiger charge is 2.16. The van der Waals surface area contributed by atoms with Crippen molar-refractivity contribution in [1.29, 1.82) is 0 Å². The first-order valence-electron chi connectivity index (χ1n) is 6.98. The second-order valence-corrected chi connectivity index (χ2v) is 6.85. The molecular weight excluding hydrogens is 264 g/mol. The van der Waals surface area contributed by atoms with Crippen LogP contribution in [0, 0.1) is 0 Å². The molecule has 1 fully saturated rings. The molecule has 1 unspecified atom stereocenters. The first kappa shape index (κ1) is 14.3. The molecule has 1 aromatic heterocycles. The number of hydrogen-bond donors (Lipinski definition) is 1. The quantitative estimate of drug-likeness (QED) is 0.892. The fourth-order valence-corrected chi connectivity index (χ4v) is 3.65. The number of nitrogens with zero attached hydrogens (tertiary/aromatic N) is 1. The third-order valence-electron chi connectivity index (χ3n) is 3.50. The molecule has 0 spiro atoms. The van der Waals surface area contributed by atoms with E-state index in [1.54, 1.807) is 11.3 Å². The summed E-state index contributed by atoms with van der Waals surface area (Å²) >= 11 is 7.68. The van der Waals surface area contributed by atoms with Gasteiger partial charge >= 0.3 is 0 Å². The summed E-state index contributed by atoms with van der Waals surface area (Å²) in [7, 11) is 0. The minimum absolute atomic E-state index is 0.685. The molecule has 0 aromatic carbocycles. The van der Waals surface area contributed by atoms with Gasteiger partial charge in [-0.1, -0.05) is 24.9 Å². The van der Waals surface area contributed by atoms with Crippen molar-refractivity contribution in [1.82, 2.24) is 10.2 Å². The van der Waals surface area contributed by atoms with Crippen LogP contribution in [0.15, 0.2) is 12.1 Å². The van der Waals surface area contributed by atoms with E-state index < -0.39 is 0 Å². The maximum Gasteiger partial charge on any atom is 0.0931 e. The number of nitrogens with one attached hydrogen (secondary N) is 1. The molecule has 1 aromatic rings. The Morgan fingerprint density at radius 2 is 2.39 bits per heavy atom. The Balaban J connectivity index is 1.80.